The van der Waals surface area contributed by atoms with Gasteiger partial charge in [-0.15, -0.1) is 0 Å². The molecule has 1 fully saturated rings. The van der Waals surface area contributed by atoms with Gasteiger partial charge in [-0.05, 0) is 41.5 Å². The Morgan fingerprint density at radius 3 is 1.86 bits per heavy atom. The Kier molecular flexibility index (Phi) is 7.00. The molecule has 9 heteroatoms. The molecule has 1 saturated heterocycles. The number of benzene rings is 3. The first-order valence-electron chi connectivity index (χ1n) is 10.6. The monoisotopic (exact) mass is 496 g/mol. The fourth-order valence-electron chi connectivity index (χ4n) is 3.70. The molecular formula is C26H19F7O2. The van der Waals surface area contributed by atoms with Gasteiger partial charge >= 0.3 is 6.18 Å². The standard InChI is InChI=1S/C26H19F7O2/c1-14-12-34-25(35-13-14)16-3-5-18(22(28)9-16)15-2-4-19(21(27)8-15)17-10-23(29)20(24(30)11-17)6-7-26(31,32)33/h2-11,14,25H,12-13H2,1H3/b7-6+. The summed E-state index contributed by atoms with van der Waals surface area (Å²) < 4.78 is 106. The third-order valence-electron chi connectivity index (χ3n) is 5.44. The SMILES string of the molecule is CC1COC(c2ccc(-c3ccc(-c4cc(F)c(/C=C/C(F)(F)F)c(F)c4)c(F)c3)c(F)c2)OC1. The molecule has 0 amide bonds. The summed E-state index contributed by atoms with van der Waals surface area (Å²) in [6, 6.07) is 9.35. The smallest absolute Gasteiger partial charge is 0.348 e. The molecule has 0 bridgehead atoms. The van der Waals surface area contributed by atoms with Gasteiger partial charge in [0.2, 0.25) is 0 Å². The predicted molar refractivity (Wildman–Crippen MR) is 116 cm³/mol. The Hall–Kier alpha value is -3.17. The van der Waals surface area contributed by atoms with Crippen LogP contribution in [0.15, 0.2) is 54.6 Å². The highest BCUT2D eigenvalue weighted by molar-refractivity contribution is 5.72. The van der Waals surface area contributed by atoms with E-state index >= 15 is 0 Å². The van der Waals surface area contributed by atoms with E-state index in [0.29, 0.717) is 18.8 Å². The van der Waals surface area contributed by atoms with Gasteiger partial charge in [-0.2, -0.15) is 13.2 Å². The maximum absolute atomic E-state index is 14.9. The van der Waals surface area contributed by atoms with Crippen molar-refractivity contribution in [1.82, 2.24) is 0 Å². The van der Waals surface area contributed by atoms with Crippen LogP contribution in [-0.4, -0.2) is 19.4 Å². The van der Waals surface area contributed by atoms with Crippen LogP contribution in [0.5, 0.6) is 0 Å². The Labute approximate surface area is 196 Å². The molecule has 0 atom stereocenters. The van der Waals surface area contributed by atoms with Crippen molar-refractivity contribution < 1.29 is 40.2 Å². The second kappa shape index (κ2) is 9.83. The Morgan fingerprint density at radius 1 is 0.743 bits per heavy atom. The van der Waals surface area contributed by atoms with Gasteiger partial charge in [-0.3, -0.25) is 0 Å². The van der Waals surface area contributed by atoms with Crippen molar-refractivity contribution >= 4 is 6.08 Å². The second-order valence-electron chi connectivity index (χ2n) is 8.27. The van der Waals surface area contributed by atoms with Crippen LogP contribution in [-0.2, 0) is 9.47 Å². The van der Waals surface area contributed by atoms with Crippen LogP contribution in [0.1, 0.15) is 24.3 Å². The van der Waals surface area contributed by atoms with E-state index in [9.17, 15) is 30.7 Å². The van der Waals surface area contributed by atoms with E-state index in [1.165, 1.54) is 24.3 Å². The minimum atomic E-state index is -4.75. The zero-order valence-electron chi connectivity index (χ0n) is 18.3. The molecule has 0 aromatic heterocycles. The summed E-state index contributed by atoms with van der Waals surface area (Å²) in [6.45, 7) is 2.91. The molecule has 3 aromatic rings. The Bertz CT molecular complexity index is 1240. The second-order valence-corrected chi connectivity index (χ2v) is 8.27. The maximum Gasteiger partial charge on any atom is 0.409 e. The minimum absolute atomic E-state index is 0.0911. The quantitative estimate of drug-likeness (QED) is 0.343. The van der Waals surface area contributed by atoms with Gasteiger partial charge in [0.05, 0.1) is 13.2 Å². The van der Waals surface area contributed by atoms with Gasteiger partial charge in [0, 0.05) is 34.2 Å². The van der Waals surface area contributed by atoms with E-state index in [2.05, 4.69) is 0 Å². The third-order valence-corrected chi connectivity index (χ3v) is 5.44. The Balaban J connectivity index is 1.60. The molecule has 0 saturated carbocycles. The van der Waals surface area contributed by atoms with Crippen molar-refractivity contribution in [2.24, 2.45) is 5.92 Å². The minimum Gasteiger partial charge on any atom is -0.348 e. The molecule has 4 rings (SSSR count). The van der Waals surface area contributed by atoms with Crippen LogP contribution < -0.4 is 0 Å². The van der Waals surface area contributed by atoms with Crippen molar-refractivity contribution in [2.75, 3.05) is 13.2 Å². The van der Waals surface area contributed by atoms with Crippen LogP contribution in [0.4, 0.5) is 30.7 Å². The number of rotatable bonds is 4. The Morgan fingerprint density at radius 2 is 1.29 bits per heavy atom. The summed E-state index contributed by atoms with van der Waals surface area (Å²) in [5.41, 5.74) is -0.571. The van der Waals surface area contributed by atoms with Gasteiger partial charge in [0.15, 0.2) is 6.29 Å². The van der Waals surface area contributed by atoms with E-state index < -0.39 is 41.3 Å². The van der Waals surface area contributed by atoms with Crippen molar-refractivity contribution in [1.29, 1.82) is 0 Å². The average Bonchev–Trinajstić information content (AvgIpc) is 2.78. The number of halogens is 7. The van der Waals surface area contributed by atoms with Gasteiger partial charge in [0.25, 0.3) is 0 Å². The van der Waals surface area contributed by atoms with E-state index in [1.807, 2.05) is 6.92 Å². The summed E-state index contributed by atoms with van der Waals surface area (Å²) in [6.07, 6.45) is -5.48. The number of ether oxygens (including phenoxy) is 2. The lowest BCUT2D eigenvalue weighted by atomic mass is 9.97. The van der Waals surface area contributed by atoms with Crippen LogP contribution in [0.2, 0.25) is 0 Å². The average molecular weight is 496 g/mol. The highest BCUT2D eigenvalue weighted by Crippen LogP contribution is 2.33. The molecule has 1 aliphatic rings. The summed E-state index contributed by atoms with van der Waals surface area (Å²) in [7, 11) is 0. The topological polar surface area (TPSA) is 18.5 Å². The fraction of sp³-hybridized carbons (Fsp3) is 0.231. The first-order valence-corrected chi connectivity index (χ1v) is 10.6. The highest BCUT2D eigenvalue weighted by atomic mass is 19.4. The largest absolute Gasteiger partial charge is 0.409 e. The molecule has 35 heavy (non-hydrogen) atoms. The number of hydrogen-bond donors (Lipinski definition) is 0. The van der Waals surface area contributed by atoms with Crippen LogP contribution in [0, 0.1) is 29.2 Å². The van der Waals surface area contributed by atoms with E-state index in [4.69, 9.17) is 9.47 Å². The molecule has 184 valence electrons. The van der Waals surface area contributed by atoms with Gasteiger partial charge in [-0.25, -0.2) is 17.6 Å². The molecule has 3 aromatic carbocycles. The van der Waals surface area contributed by atoms with Crippen LogP contribution >= 0.6 is 0 Å². The molecule has 0 aliphatic carbocycles. The number of alkyl halides is 3. The van der Waals surface area contributed by atoms with E-state index in [-0.39, 0.29) is 40.3 Å². The molecule has 0 radical (unpaired) electrons. The summed E-state index contributed by atoms with van der Waals surface area (Å²) in [4.78, 5) is 0. The van der Waals surface area contributed by atoms with Crippen molar-refractivity contribution in [2.45, 2.75) is 19.4 Å². The maximum atomic E-state index is 14.9. The highest BCUT2D eigenvalue weighted by Gasteiger charge is 2.24. The van der Waals surface area contributed by atoms with Crippen molar-refractivity contribution in [3.05, 3.63) is 89.0 Å². The molecule has 0 spiro atoms. The van der Waals surface area contributed by atoms with E-state index in [1.54, 1.807) is 6.07 Å². The zero-order chi connectivity index (χ0) is 25.3. The molecule has 0 N–H and O–H groups in total. The lowest BCUT2D eigenvalue weighted by Gasteiger charge is -2.27. The molecule has 1 heterocycles. The molecule has 1 aliphatic heterocycles. The van der Waals surface area contributed by atoms with Gasteiger partial charge in [0.1, 0.15) is 23.3 Å². The summed E-state index contributed by atoms with van der Waals surface area (Å²) >= 11 is 0. The predicted octanol–water partition coefficient (Wildman–Crippen LogP) is 7.83. The van der Waals surface area contributed by atoms with Gasteiger partial charge < -0.3 is 9.47 Å². The fourth-order valence-corrected chi connectivity index (χ4v) is 3.70. The number of hydrogen-bond acceptors (Lipinski definition) is 2. The molecular weight excluding hydrogens is 477 g/mol. The summed E-state index contributed by atoms with van der Waals surface area (Å²) in [5.74, 6) is -3.87. The molecule has 0 unspecified atom stereocenters. The zero-order valence-corrected chi connectivity index (χ0v) is 18.3. The molecule has 2 nitrogen and oxygen atoms in total. The van der Waals surface area contributed by atoms with Crippen molar-refractivity contribution in [3.63, 3.8) is 0 Å². The normalized spacial score (nSPS) is 18.9. The summed E-state index contributed by atoms with van der Waals surface area (Å²) in [5, 5.41) is 0. The first kappa shape index (κ1) is 24.9. The lowest BCUT2D eigenvalue weighted by molar-refractivity contribution is -0.202. The lowest BCUT2D eigenvalue weighted by Crippen LogP contribution is -2.25. The third kappa shape index (κ3) is 5.74. The van der Waals surface area contributed by atoms with Crippen molar-refractivity contribution in [3.8, 4) is 22.3 Å². The number of allylic oxidation sites excluding steroid dienone is 1. The first-order chi connectivity index (χ1) is 16.5. The van der Waals surface area contributed by atoms with Gasteiger partial charge in [-0.1, -0.05) is 31.2 Å². The van der Waals surface area contributed by atoms with Crippen LogP contribution in [0.3, 0.4) is 0 Å². The van der Waals surface area contributed by atoms with Crippen LogP contribution in [0.25, 0.3) is 28.3 Å². The van der Waals surface area contributed by atoms with E-state index in [0.717, 1.165) is 18.2 Å².